The molecular formula is C25H25F3N6O3S. The van der Waals surface area contributed by atoms with Gasteiger partial charge in [-0.1, -0.05) is 35.6 Å². The molecule has 3 heterocycles. The van der Waals surface area contributed by atoms with Gasteiger partial charge < -0.3 is 15.4 Å². The molecule has 1 aromatic carbocycles. The molecule has 2 aromatic heterocycles. The van der Waals surface area contributed by atoms with Crippen LogP contribution in [-0.4, -0.2) is 64.5 Å². The normalized spacial score (nSPS) is 15.4. The average molecular weight is 547 g/mol. The van der Waals surface area contributed by atoms with Crippen LogP contribution in [0.2, 0.25) is 0 Å². The fourth-order valence-corrected chi connectivity index (χ4v) is 4.28. The molecule has 0 aliphatic carbocycles. The first-order valence-electron chi connectivity index (χ1n) is 11.7. The predicted molar refractivity (Wildman–Crippen MR) is 137 cm³/mol. The Morgan fingerprint density at radius 2 is 1.92 bits per heavy atom. The lowest BCUT2D eigenvalue weighted by Crippen LogP contribution is -2.36. The van der Waals surface area contributed by atoms with Crippen LogP contribution in [0.5, 0.6) is 0 Å². The Hall–Kier alpha value is -3.68. The van der Waals surface area contributed by atoms with Crippen molar-refractivity contribution in [2.45, 2.75) is 19.0 Å². The molecular weight excluding hydrogens is 521 g/mol. The Balaban J connectivity index is 1.34. The van der Waals surface area contributed by atoms with Crippen molar-refractivity contribution >= 4 is 34.1 Å². The number of thiazole rings is 1. The molecule has 0 unspecified atom stereocenters. The number of halogens is 3. The van der Waals surface area contributed by atoms with Crippen LogP contribution in [0.15, 0.2) is 55.0 Å². The number of nitrogens with one attached hydrogen (secondary N) is 2. The van der Waals surface area contributed by atoms with Gasteiger partial charge in [0.15, 0.2) is 10.9 Å². The second kappa shape index (κ2) is 12.2. The number of aromatic nitrogens is 3. The number of anilines is 2. The Kier molecular flexibility index (Phi) is 8.81. The highest BCUT2D eigenvalue weighted by Gasteiger charge is 2.33. The second-order valence-electron chi connectivity index (χ2n) is 8.46. The fourth-order valence-electron chi connectivity index (χ4n) is 3.60. The van der Waals surface area contributed by atoms with Crippen molar-refractivity contribution in [3.8, 4) is 11.3 Å². The molecule has 9 nitrogen and oxygen atoms in total. The number of benzene rings is 1. The molecule has 4 rings (SSSR count). The highest BCUT2D eigenvalue weighted by molar-refractivity contribution is 7.15. The summed E-state index contributed by atoms with van der Waals surface area (Å²) in [6, 6.07) is 7.03. The largest absolute Gasteiger partial charge is 0.427 e. The number of amides is 2. The monoisotopic (exact) mass is 546 g/mol. The molecule has 2 amide bonds. The summed E-state index contributed by atoms with van der Waals surface area (Å²) >= 11 is 0.370. The fraction of sp³-hybridized carbons (Fsp3) is 0.320. The number of rotatable bonds is 8. The summed E-state index contributed by atoms with van der Waals surface area (Å²) in [5.41, 5.74) is 1.85. The number of ether oxygens (including phenoxy) is 1. The Bertz CT molecular complexity index is 1290. The number of alkyl halides is 3. The first-order valence-corrected chi connectivity index (χ1v) is 12.5. The van der Waals surface area contributed by atoms with E-state index in [0.29, 0.717) is 59.9 Å². The first kappa shape index (κ1) is 27.4. The molecule has 2 N–H and O–H groups in total. The third-order valence-electron chi connectivity index (χ3n) is 5.73. The van der Waals surface area contributed by atoms with Gasteiger partial charge in [0.1, 0.15) is 4.88 Å². The van der Waals surface area contributed by atoms with Gasteiger partial charge in [0.05, 0.1) is 43.4 Å². The van der Waals surface area contributed by atoms with Crippen LogP contribution in [0.3, 0.4) is 0 Å². The van der Waals surface area contributed by atoms with Gasteiger partial charge in [-0.05, 0) is 18.6 Å². The van der Waals surface area contributed by atoms with E-state index < -0.39 is 22.9 Å². The van der Waals surface area contributed by atoms with Crippen molar-refractivity contribution in [1.29, 1.82) is 0 Å². The highest BCUT2D eigenvalue weighted by Crippen LogP contribution is 2.35. The van der Waals surface area contributed by atoms with Crippen LogP contribution in [0.4, 0.5) is 24.1 Å². The van der Waals surface area contributed by atoms with Crippen molar-refractivity contribution < 1.29 is 27.5 Å². The molecule has 1 aliphatic heterocycles. The lowest BCUT2D eigenvalue weighted by molar-refractivity contribution is -0.134. The molecule has 1 saturated heterocycles. The molecule has 0 spiro atoms. The van der Waals surface area contributed by atoms with Crippen LogP contribution >= 0.6 is 11.3 Å². The second-order valence-corrected chi connectivity index (χ2v) is 9.49. The zero-order chi connectivity index (χ0) is 27.1. The van der Waals surface area contributed by atoms with Crippen LogP contribution in [0, 0.1) is 0 Å². The minimum atomic E-state index is -4.51. The van der Waals surface area contributed by atoms with Crippen molar-refractivity contribution in [3.05, 3.63) is 65.4 Å². The van der Waals surface area contributed by atoms with E-state index in [-0.39, 0.29) is 11.0 Å². The Morgan fingerprint density at radius 1 is 1.13 bits per heavy atom. The lowest BCUT2D eigenvalue weighted by atomic mass is 9.97. The lowest BCUT2D eigenvalue weighted by Gasteiger charge is -2.24. The minimum absolute atomic E-state index is 0.121. The number of hydrogen-bond donors (Lipinski definition) is 2. The maximum atomic E-state index is 12.8. The van der Waals surface area contributed by atoms with Crippen molar-refractivity contribution in [2.24, 2.45) is 0 Å². The van der Waals surface area contributed by atoms with Crippen molar-refractivity contribution in [1.82, 2.24) is 19.9 Å². The van der Waals surface area contributed by atoms with Gasteiger partial charge in [-0.15, -0.1) is 0 Å². The van der Waals surface area contributed by atoms with Gasteiger partial charge in [0.25, 0.3) is 0 Å². The standard InChI is InChI=1S/C25H25F3N6O3S/c1-16(23(36)33-24-31-14-20(38-24)25(26,27)28)17-4-2-5-18(12-17)19-13-30-21(15-29-19)32-22(35)6-3-7-34-8-10-37-11-9-34/h2-6,12-16H,7-11H2,1H3,(H,30,32,35)(H,31,33,36)/b6-3+/t16-/m0/s1. The van der Waals surface area contributed by atoms with E-state index in [9.17, 15) is 22.8 Å². The third kappa shape index (κ3) is 7.43. The number of carbonyl (C=O) groups is 2. The number of morpholine rings is 1. The predicted octanol–water partition coefficient (Wildman–Crippen LogP) is 4.19. The molecule has 0 bridgehead atoms. The molecule has 1 fully saturated rings. The van der Waals surface area contributed by atoms with Gasteiger partial charge in [0, 0.05) is 31.3 Å². The molecule has 1 aliphatic rings. The summed E-state index contributed by atoms with van der Waals surface area (Å²) in [5.74, 6) is -1.18. The summed E-state index contributed by atoms with van der Waals surface area (Å²) in [6.45, 7) is 5.35. The average Bonchev–Trinajstić information content (AvgIpc) is 3.38. The van der Waals surface area contributed by atoms with Gasteiger partial charge in [-0.25, -0.2) is 9.97 Å². The Labute approximate surface area is 220 Å². The quantitative estimate of drug-likeness (QED) is 0.408. The molecule has 13 heteroatoms. The van der Waals surface area contributed by atoms with Gasteiger partial charge in [-0.3, -0.25) is 19.5 Å². The van der Waals surface area contributed by atoms with E-state index in [2.05, 4.69) is 30.5 Å². The zero-order valence-corrected chi connectivity index (χ0v) is 21.2. The molecule has 3 aromatic rings. The zero-order valence-electron chi connectivity index (χ0n) is 20.4. The molecule has 0 radical (unpaired) electrons. The maximum Gasteiger partial charge on any atom is 0.427 e. The van der Waals surface area contributed by atoms with Crippen molar-refractivity contribution in [2.75, 3.05) is 43.5 Å². The van der Waals surface area contributed by atoms with Crippen LogP contribution in [-0.2, 0) is 20.5 Å². The number of hydrogen-bond acceptors (Lipinski definition) is 8. The van der Waals surface area contributed by atoms with E-state index in [1.807, 2.05) is 0 Å². The summed E-state index contributed by atoms with van der Waals surface area (Å²) in [5, 5.41) is 4.98. The summed E-state index contributed by atoms with van der Waals surface area (Å²) in [4.78, 5) is 38.3. The van der Waals surface area contributed by atoms with Crippen molar-refractivity contribution in [3.63, 3.8) is 0 Å². The Morgan fingerprint density at radius 3 is 2.61 bits per heavy atom. The van der Waals surface area contributed by atoms with E-state index in [1.165, 1.54) is 18.5 Å². The molecule has 0 saturated carbocycles. The van der Waals surface area contributed by atoms with Gasteiger partial charge in [0.2, 0.25) is 11.8 Å². The SMILES string of the molecule is C[C@H](C(=O)Nc1ncc(C(F)(F)F)s1)c1cccc(-c2cnc(NC(=O)/C=C/CN3CCOCC3)cn2)c1. The first-order chi connectivity index (χ1) is 18.2. The van der Waals surface area contributed by atoms with Gasteiger partial charge in [-0.2, -0.15) is 13.2 Å². The minimum Gasteiger partial charge on any atom is -0.379 e. The topological polar surface area (TPSA) is 109 Å². The van der Waals surface area contributed by atoms with Crippen LogP contribution < -0.4 is 10.6 Å². The van der Waals surface area contributed by atoms with Crippen LogP contribution in [0.25, 0.3) is 11.3 Å². The van der Waals surface area contributed by atoms with Crippen LogP contribution in [0.1, 0.15) is 23.3 Å². The van der Waals surface area contributed by atoms with E-state index in [4.69, 9.17) is 4.74 Å². The highest BCUT2D eigenvalue weighted by atomic mass is 32.1. The molecule has 38 heavy (non-hydrogen) atoms. The van der Waals surface area contributed by atoms with E-state index >= 15 is 0 Å². The third-order valence-corrected chi connectivity index (χ3v) is 6.69. The number of nitrogens with zero attached hydrogens (tertiary/aromatic N) is 4. The summed E-state index contributed by atoms with van der Waals surface area (Å²) < 4.78 is 43.7. The summed E-state index contributed by atoms with van der Waals surface area (Å²) in [7, 11) is 0. The van der Waals surface area contributed by atoms with Gasteiger partial charge >= 0.3 is 6.18 Å². The van der Waals surface area contributed by atoms with E-state index in [0.717, 1.165) is 13.1 Å². The molecule has 200 valence electrons. The van der Waals surface area contributed by atoms with E-state index in [1.54, 1.807) is 37.3 Å². The number of carbonyl (C=O) groups excluding carboxylic acids is 2. The molecule has 1 atom stereocenters. The smallest absolute Gasteiger partial charge is 0.379 e. The summed E-state index contributed by atoms with van der Waals surface area (Å²) in [6.07, 6.45) is 2.36. The maximum absolute atomic E-state index is 12.8.